The zero-order valence-corrected chi connectivity index (χ0v) is 9.55. The summed E-state index contributed by atoms with van der Waals surface area (Å²) in [5.74, 6) is -3.03. The maximum Gasteiger partial charge on any atom is 0.234 e. The summed E-state index contributed by atoms with van der Waals surface area (Å²) in [6, 6.07) is 2.02. The Hall–Kier alpha value is -1.30. The maximum absolute atomic E-state index is 13.5. The predicted molar refractivity (Wildman–Crippen MR) is 55.8 cm³/mol. The monoisotopic (exact) mass is 289 g/mol. The molecule has 2 amide bonds. The van der Waals surface area contributed by atoms with E-state index in [1.54, 1.807) is 0 Å². The number of imide groups is 1. The van der Waals surface area contributed by atoms with Crippen LogP contribution in [0.3, 0.4) is 0 Å². The molecule has 1 aliphatic rings. The van der Waals surface area contributed by atoms with Gasteiger partial charge in [0.15, 0.2) is 11.6 Å². The third-order valence-corrected chi connectivity index (χ3v) is 2.71. The van der Waals surface area contributed by atoms with Crippen LogP contribution in [0.2, 0.25) is 0 Å². The standard InChI is InChI=1S/C10H6BrF2NO2/c11-5-3-6(12)10(7(13)4-5)14-8(15)1-2-9(14)16/h3-4H,1-2H2. The first-order chi connectivity index (χ1) is 7.50. The molecule has 6 heteroatoms. The van der Waals surface area contributed by atoms with E-state index in [2.05, 4.69) is 15.9 Å². The van der Waals surface area contributed by atoms with Crippen molar-refractivity contribution in [3.8, 4) is 0 Å². The van der Waals surface area contributed by atoms with Gasteiger partial charge in [-0.1, -0.05) is 15.9 Å². The molecule has 1 aromatic carbocycles. The SMILES string of the molecule is O=C1CCC(=O)N1c1c(F)cc(Br)cc1F. The number of anilines is 1. The summed E-state index contributed by atoms with van der Waals surface area (Å²) in [6.45, 7) is 0. The lowest BCUT2D eigenvalue weighted by Crippen LogP contribution is -2.30. The fraction of sp³-hybridized carbons (Fsp3) is 0.200. The van der Waals surface area contributed by atoms with Gasteiger partial charge in [-0.3, -0.25) is 9.59 Å². The molecule has 0 aliphatic carbocycles. The third kappa shape index (κ3) is 1.73. The average Bonchev–Trinajstić information content (AvgIpc) is 2.47. The highest BCUT2D eigenvalue weighted by Gasteiger charge is 2.34. The molecule has 0 N–H and O–H groups in total. The van der Waals surface area contributed by atoms with Gasteiger partial charge in [-0.2, -0.15) is 0 Å². The highest BCUT2D eigenvalue weighted by molar-refractivity contribution is 9.10. The number of nitrogens with zero attached hydrogens (tertiary/aromatic N) is 1. The van der Waals surface area contributed by atoms with Crippen molar-refractivity contribution in [3.63, 3.8) is 0 Å². The molecule has 0 atom stereocenters. The second-order valence-electron chi connectivity index (χ2n) is 3.34. The van der Waals surface area contributed by atoms with Gasteiger partial charge in [0, 0.05) is 17.3 Å². The second kappa shape index (κ2) is 3.93. The lowest BCUT2D eigenvalue weighted by Gasteiger charge is -2.15. The zero-order valence-electron chi connectivity index (χ0n) is 7.97. The highest BCUT2D eigenvalue weighted by atomic mass is 79.9. The van der Waals surface area contributed by atoms with Crippen LogP contribution >= 0.6 is 15.9 Å². The van der Waals surface area contributed by atoms with Crippen LogP contribution in [0.15, 0.2) is 16.6 Å². The Bertz CT molecular complexity index is 451. The molecule has 0 saturated carbocycles. The fourth-order valence-corrected chi connectivity index (χ4v) is 1.98. The van der Waals surface area contributed by atoms with E-state index in [9.17, 15) is 18.4 Å². The van der Waals surface area contributed by atoms with Gasteiger partial charge in [0.05, 0.1) is 0 Å². The molecule has 3 nitrogen and oxygen atoms in total. The van der Waals surface area contributed by atoms with E-state index in [-0.39, 0.29) is 17.3 Å². The Morgan fingerprint density at radius 3 is 1.94 bits per heavy atom. The Morgan fingerprint density at radius 2 is 1.50 bits per heavy atom. The minimum atomic E-state index is -0.935. The van der Waals surface area contributed by atoms with E-state index in [0.29, 0.717) is 4.90 Å². The minimum absolute atomic E-state index is 0.00617. The van der Waals surface area contributed by atoms with E-state index in [4.69, 9.17) is 0 Å². The van der Waals surface area contributed by atoms with Crippen molar-refractivity contribution in [2.24, 2.45) is 0 Å². The number of rotatable bonds is 1. The van der Waals surface area contributed by atoms with Crippen molar-refractivity contribution >= 4 is 33.4 Å². The van der Waals surface area contributed by atoms with Crippen molar-refractivity contribution in [1.82, 2.24) is 0 Å². The first-order valence-corrected chi connectivity index (χ1v) is 5.30. The lowest BCUT2D eigenvalue weighted by molar-refractivity contribution is -0.121. The topological polar surface area (TPSA) is 37.4 Å². The molecular weight excluding hydrogens is 284 g/mol. The van der Waals surface area contributed by atoms with Crippen LogP contribution in [0, 0.1) is 11.6 Å². The molecule has 0 bridgehead atoms. The normalized spacial score (nSPS) is 16.1. The van der Waals surface area contributed by atoms with Gasteiger partial charge in [-0.15, -0.1) is 0 Å². The number of hydrogen-bond donors (Lipinski definition) is 0. The summed E-state index contributed by atoms with van der Waals surface area (Å²) < 4.78 is 27.2. The average molecular weight is 290 g/mol. The van der Waals surface area contributed by atoms with Gasteiger partial charge >= 0.3 is 0 Å². The molecule has 1 fully saturated rings. The van der Waals surface area contributed by atoms with Gasteiger partial charge in [0.25, 0.3) is 0 Å². The number of carbonyl (C=O) groups excluding carboxylic acids is 2. The molecule has 16 heavy (non-hydrogen) atoms. The summed E-state index contributed by atoms with van der Waals surface area (Å²) in [5.41, 5.74) is -0.587. The molecule has 1 aromatic rings. The minimum Gasteiger partial charge on any atom is -0.274 e. The number of amides is 2. The van der Waals surface area contributed by atoms with E-state index in [1.165, 1.54) is 0 Å². The van der Waals surface area contributed by atoms with Gasteiger partial charge in [-0.25, -0.2) is 13.7 Å². The first-order valence-electron chi connectivity index (χ1n) is 4.51. The predicted octanol–water partition coefficient (Wildman–Crippen LogP) is 2.38. The van der Waals surface area contributed by atoms with Crippen LogP contribution < -0.4 is 4.90 Å². The van der Waals surface area contributed by atoms with Crippen LogP contribution in [-0.4, -0.2) is 11.8 Å². The molecule has 0 spiro atoms. The van der Waals surface area contributed by atoms with E-state index >= 15 is 0 Å². The summed E-state index contributed by atoms with van der Waals surface area (Å²) >= 11 is 2.92. The molecule has 0 unspecified atom stereocenters. The van der Waals surface area contributed by atoms with Crippen molar-refractivity contribution in [2.45, 2.75) is 12.8 Å². The Labute approximate surface area is 98.2 Å². The molecule has 2 rings (SSSR count). The Kier molecular flexibility index (Phi) is 2.75. The molecular formula is C10H6BrF2NO2. The molecule has 1 saturated heterocycles. The smallest absolute Gasteiger partial charge is 0.234 e. The summed E-state index contributed by atoms with van der Waals surface area (Å²) in [5, 5.41) is 0. The third-order valence-electron chi connectivity index (χ3n) is 2.26. The van der Waals surface area contributed by atoms with Crippen molar-refractivity contribution in [1.29, 1.82) is 0 Å². The number of carbonyl (C=O) groups is 2. The zero-order chi connectivity index (χ0) is 11.9. The lowest BCUT2D eigenvalue weighted by atomic mass is 10.2. The first kappa shape index (κ1) is 11.2. The molecule has 1 heterocycles. The Morgan fingerprint density at radius 1 is 1.06 bits per heavy atom. The number of benzene rings is 1. The Balaban J connectivity index is 2.55. The van der Waals surface area contributed by atoms with Crippen LogP contribution in [0.5, 0.6) is 0 Å². The molecule has 1 aliphatic heterocycles. The number of hydrogen-bond acceptors (Lipinski definition) is 2. The second-order valence-corrected chi connectivity index (χ2v) is 4.26. The summed E-state index contributed by atoms with van der Waals surface area (Å²) in [7, 11) is 0. The van der Waals surface area contributed by atoms with Crippen molar-refractivity contribution in [3.05, 3.63) is 28.2 Å². The number of halogens is 3. The maximum atomic E-state index is 13.5. The quantitative estimate of drug-likeness (QED) is 0.745. The molecule has 0 radical (unpaired) electrons. The summed E-state index contributed by atoms with van der Waals surface area (Å²) in [4.78, 5) is 23.2. The largest absolute Gasteiger partial charge is 0.274 e. The summed E-state index contributed by atoms with van der Waals surface area (Å²) in [6.07, 6.45) is -0.0123. The van der Waals surface area contributed by atoms with Gasteiger partial charge in [-0.05, 0) is 12.1 Å². The van der Waals surface area contributed by atoms with Crippen molar-refractivity contribution in [2.75, 3.05) is 4.90 Å². The molecule has 0 aromatic heterocycles. The van der Waals surface area contributed by atoms with Crippen LogP contribution in [0.4, 0.5) is 14.5 Å². The van der Waals surface area contributed by atoms with Crippen LogP contribution in [-0.2, 0) is 9.59 Å². The molecule has 84 valence electrons. The van der Waals surface area contributed by atoms with Gasteiger partial charge < -0.3 is 0 Å². The highest BCUT2D eigenvalue weighted by Crippen LogP contribution is 2.30. The van der Waals surface area contributed by atoms with Crippen molar-refractivity contribution < 1.29 is 18.4 Å². The van der Waals surface area contributed by atoms with Gasteiger partial charge in [0.2, 0.25) is 11.8 Å². The van der Waals surface area contributed by atoms with E-state index < -0.39 is 29.1 Å². The van der Waals surface area contributed by atoms with E-state index in [0.717, 1.165) is 12.1 Å². The van der Waals surface area contributed by atoms with Crippen LogP contribution in [0.25, 0.3) is 0 Å². The van der Waals surface area contributed by atoms with Gasteiger partial charge in [0.1, 0.15) is 5.69 Å². The van der Waals surface area contributed by atoms with Crippen LogP contribution in [0.1, 0.15) is 12.8 Å². The van der Waals surface area contributed by atoms with E-state index in [1.807, 2.05) is 0 Å². The fourth-order valence-electron chi connectivity index (χ4n) is 1.57.